The number of anilines is 1. The number of piperidine rings is 1. The summed E-state index contributed by atoms with van der Waals surface area (Å²) in [7, 11) is -3.61. The third kappa shape index (κ3) is 2.74. The highest BCUT2D eigenvalue weighted by Gasteiger charge is 2.25. The van der Waals surface area contributed by atoms with Crippen LogP contribution in [0.5, 0.6) is 0 Å². The molecule has 3 heterocycles. The fourth-order valence-electron chi connectivity index (χ4n) is 2.54. The molecule has 1 aliphatic rings. The van der Waals surface area contributed by atoms with E-state index in [0.717, 1.165) is 5.82 Å². The second kappa shape index (κ2) is 5.53. The van der Waals surface area contributed by atoms with Crippen LogP contribution in [0.15, 0.2) is 18.5 Å². The maximum atomic E-state index is 11.3. The Hall–Kier alpha value is -2.22. The highest BCUT2D eigenvalue weighted by atomic mass is 32.2. The number of nitriles is 1. The average molecular weight is 321 g/mol. The molecular formula is C12H15N7O2S. The monoisotopic (exact) mass is 321 g/mol. The number of rotatable bonds is 3. The van der Waals surface area contributed by atoms with Gasteiger partial charge in [0.15, 0.2) is 5.65 Å². The van der Waals surface area contributed by atoms with Gasteiger partial charge in [-0.2, -0.15) is 27.6 Å². The molecule has 1 saturated heterocycles. The summed E-state index contributed by atoms with van der Waals surface area (Å²) in [6.07, 6.45) is 4.37. The summed E-state index contributed by atoms with van der Waals surface area (Å²) >= 11 is 0. The van der Waals surface area contributed by atoms with E-state index in [9.17, 15) is 8.42 Å². The topological polar surface area (TPSA) is 129 Å². The molecule has 1 fully saturated rings. The van der Waals surface area contributed by atoms with Crippen molar-refractivity contribution >= 4 is 21.7 Å². The molecule has 22 heavy (non-hydrogen) atoms. The summed E-state index contributed by atoms with van der Waals surface area (Å²) in [6.45, 7) is 0.764. The van der Waals surface area contributed by atoms with E-state index in [4.69, 9.17) is 10.4 Å². The number of fused-ring (bicyclic) bond motifs is 1. The predicted molar refractivity (Wildman–Crippen MR) is 79.0 cm³/mol. The van der Waals surface area contributed by atoms with Crippen LogP contribution in [-0.2, 0) is 10.2 Å². The number of nitrogens with zero attached hydrogens (tertiary/aromatic N) is 5. The van der Waals surface area contributed by atoms with Crippen LogP contribution in [0, 0.1) is 11.3 Å². The van der Waals surface area contributed by atoms with E-state index in [0.29, 0.717) is 37.1 Å². The molecule has 0 aromatic carbocycles. The highest BCUT2D eigenvalue weighted by Crippen LogP contribution is 2.19. The van der Waals surface area contributed by atoms with E-state index < -0.39 is 10.2 Å². The maximum absolute atomic E-state index is 11.3. The SMILES string of the molecule is N#Cc1cnn2c(NC3CCN(S(N)(=O)=O)CC3)ccnc12. The molecule has 0 unspecified atom stereocenters. The van der Waals surface area contributed by atoms with Gasteiger partial charge in [-0.25, -0.2) is 10.1 Å². The first-order valence-corrected chi connectivity index (χ1v) is 8.26. The number of hydrogen-bond acceptors (Lipinski definition) is 6. The van der Waals surface area contributed by atoms with Crippen molar-refractivity contribution < 1.29 is 8.42 Å². The van der Waals surface area contributed by atoms with Gasteiger partial charge in [-0.05, 0) is 18.9 Å². The van der Waals surface area contributed by atoms with Crippen LogP contribution in [0.1, 0.15) is 18.4 Å². The van der Waals surface area contributed by atoms with Crippen molar-refractivity contribution in [3.05, 3.63) is 24.0 Å². The lowest BCUT2D eigenvalue weighted by molar-refractivity contribution is 0.329. The Morgan fingerprint density at radius 3 is 2.77 bits per heavy atom. The summed E-state index contributed by atoms with van der Waals surface area (Å²) in [5.74, 6) is 0.723. The molecule has 1 aliphatic heterocycles. The molecular weight excluding hydrogens is 306 g/mol. The predicted octanol–water partition coefficient (Wildman–Crippen LogP) is -0.319. The van der Waals surface area contributed by atoms with E-state index in [1.165, 1.54) is 10.5 Å². The minimum absolute atomic E-state index is 0.110. The summed E-state index contributed by atoms with van der Waals surface area (Å²) in [4.78, 5) is 4.14. The zero-order valence-electron chi connectivity index (χ0n) is 11.7. The minimum atomic E-state index is -3.61. The second-order valence-electron chi connectivity index (χ2n) is 5.10. The second-order valence-corrected chi connectivity index (χ2v) is 6.64. The van der Waals surface area contributed by atoms with Crippen LogP contribution in [0.2, 0.25) is 0 Å². The van der Waals surface area contributed by atoms with Gasteiger partial charge in [0.2, 0.25) is 0 Å². The molecule has 0 spiro atoms. The molecule has 3 rings (SSSR count). The third-order valence-corrected chi connectivity index (χ3v) is 4.77. The number of nitrogens with one attached hydrogen (secondary N) is 1. The summed E-state index contributed by atoms with van der Waals surface area (Å²) in [6, 6.07) is 3.92. The van der Waals surface area contributed by atoms with Gasteiger partial charge in [-0.3, -0.25) is 0 Å². The molecule has 0 aliphatic carbocycles. The molecule has 0 radical (unpaired) electrons. The lowest BCUT2D eigenvalue weighted by Crippen LogP contribution is -2.45. The van der Waals surface area contributed by atoms with Gasteiger partial charge in [0.1, 0.15) is 17.5 Å². The quantitative estimate of drug-likeness (QED) is 0.797. The average Bonchev–Trinajstić information content (AvgIpc) is 2.91. The van der Waals surface area contributed by atoms with Gasteiger partial charge in [0.05, 0.1) is 6.20 Å². The standard InChI is InChI=1S/C12H15N7O2S/c13-7-9-8-16-19-11(1-4-15-12(9)19)17-10-2-5-18(6-3-10)22(14,20)21/h1,4,8,10,17H,2-3,5-6H2,(H2,14,20,21). The summed E-state index contributed by atoms with van der Waals surface area (Å²) in [5, 5.41) is 21.6. The highest BCUT2D eigenvalue weighted by molar-refractivity contribution is 7.86. The van der Waals surface area contributed by atoms with E-state index in [1.54, 1.807) is 16.8 Å². The summed E-state index contributed by atoms with van der Waals surface area (Å²) < 4.78 is 25.4. The van der Waals surface area contributed by atoms with Crippen molar-refractivity contribution in [1.29, 1.82) is 5.26 Å². The zero-order valence-corrected chi connectivity index (χ0v) is 12.5. The molecule has 0 bridgehead atoms. The Kier molecular flexibility index (Phi) is 3.69. The molecule has 0 saturated carbocycles. The largest absolute Gasteiger partial charge is 0.367 e. The Balaban J connectivity index is 1.75. The van der Waals surface area contributed by atoms with Gasteiger partial charge >= 0.3 is 0 Å². The van der Waals surface area contributed by atoms with Gasteiger partial charge in [-0.15, -0.1) is 0 Å². The maximum Gasteiger partial charge on any atom is 0.276 e. The fraction of sp³-hybridized carbons (Fsp3) is 0.417. The van der Waals surface area contributed by atoms with Crippen LogP contribution in [0.4, 0.5) is 5.82 Å². The van der Waals surface area contributed by atoms with Crippen molar-refractivity contribution in [2.45, 2.75) is 18.9 Å². The molecule has 9 nitrogen and oxygen atoms in total. The van der Waals surface area contributed by atoms with Crippen molar-refractivity contribution in [1.82, 2.24) is 18.9 Å². The first-order chi connectivity index (χ1) is 10.5. The number of hydrogen-bond donors (Lipinski definition) is 2. The first-order valence-electron chi connectivity index (χ1n) is 6.76. The van der Waals surface area contributed by atoms with Crippen LogP contribution in [-0.4, -0.2) is 46.5 Å². The molecule has 0 amide bonds. The Morgan fingerprint density at radius 2 is 2.14 bits per heavy atom. The number of nitrogens with two attached hydrogens (primary N) is 1. The van der Waals surface area contributed by atoms with E-state index >= 15 is 0 Å². The van der Waals surface area contributed by atoms with Gasteiger partial charge in [0, 0.05) is 25.3 Å². The molecule has 2 aromatic heterocycles. The smallest absolute Gasteiger partial charge is 0.276 e. The van der Waals surface area contributed by atoms with Crippen LogP contribution in [0.25, 0.3) is 5.65 Å². The lowest BCUT2D eigenvalue weighted by Gasteiger charge is -2.30. The van der Waals surface area contributed by atoms with Gasteiger partial charge < -0.3 is 5.32 Å². The molecule has 10 heteroatoms. The fourth-order valence-corrected chi connectivity index (χ4v) is 3.26. The van der Waals surface area contributed by atoms with Crippen molar-refractivity contribution in [3.8, 4) is 6.07 Å². The first kappa shape index (κ1) is 14.7. The molecule has 0 atom stereocenters. The third-order valence-electron chi connectivity index (χ3n) is 3.69. The lowest BCUT2D eigenvalue weighted by atomic mass is 10.1. The Bertz CT molecular complexity index is 831. The Labute approximate surface area is 127 Å². The van der Waals surface area contributed by atoms with Crippen LogP contribution >= 0.6 is 0 Å². The van der Waals surface area contributed by atoms with Crippen molar-refractivity contribution in [2.24, 2.45) is 5.14 Å². The normalized spacial score (nSPS) is 17.5. The van der Waals surface area contributed by atoms with Crippen molar-refractivity contribution in [3.63, 3.8) is 0 Å². The van der Waals surface area contributed by atoms with Crippen LogP contribution < -0.4 is 10.5 Å². The molecule has 2 aromatic rings. The molecule has 116 valence electrons. The van der Waals surface area contributed by atoms with Gasteiger partial charge in [0.25, 0.3) is 10.2 Å². The number of aromatic nitrogens is 3. The Morgan fingerprint density at radius 1 is 1.41 bits per heavy atom. The molecule has 3 N–H and O–H groups in total. The van der Waals surface area contributed by atoms with E-state index in [1.807, 2.05) is 6.07 Å². The van der Waals surface area contributed by atoms with Crippen molar-refractivity contribution in [2.75, 3.05) is 18.4 Å². The zero-order chi connectivity index (χ0) is 15.7. The van der Waals surface area contributed by atoms with Gasteiger partial charge in [-0.1, -0.05) is 0 Å². The van der Waals surface area contributed by atoms with E-state index in [-0.39, 0.29) is 6.04 Å². The van der Waals surface area contributed by atoms with E-state index in [2.05, 4.69) is 15.4 Å². The minimum Gasteiger partial charge on any atom is -0.367 e. The summed E-state index contributed by atoms with van der Waals surface area (Å²) in [5.41, 5.74) is 0.905. The van der Waals surface area contributed by atoms with Crippen LogP contribution in [0.3, 0.4) is 0 Å².